The van der Waals surface area contributed by atoms with E-state index in [4.69, 9.17) is 16.3 Å². The van der Waals surface area contributed by atoms with Crippen molar-refractivity contribution in [1.29, 1.82) is 0 Å². The first kappa shape index (κ1) is 15.3. The molecule has 0 aromatic heterocycles. The number of rotatable bonds is 2. The van der Waals surface area contributed by atoms with Crippen LogP contribution >= 0.6 is 11.6 Å². The Morgan fingerprint density at radius 3 is 2.64 bits per heavy atom. The van der Waals surface area contributed by atoms with Gasteiger partial charge in [-0.15, -0.1) is 0 Å². The first-order valence-corrected chi connectivity index (χ1v) is 8.49. The molecule has 0 radical (unpaired) electrons. The highest BCUT2D eigenvalue weighted by molar-refractivity contribution is 7.90. The lowest BCUT2D eigenvalue weighted by molar-refractivity contribution is 0.0937. The van der Waals surface area contributed by atoms with Crippen LogP contribution in [0.15, 0.2) is 36.4 Å². The summed E-state index contributed by atoms with van der Waals surface area (Å²) >= 11 is 6.30. The summed E-state index contributed by atoms with van der Waals surface area (Å²) in [4.78, 5) is 0. The zero-order valence-corrected chi connectivity index (χ0v) is 13.6. The largest absolute Gasteiger partial charge is 0.361 e. The van der Waals surface area contributed by atoms with Crippen LogP contribution in [0.3, 0.4) is 0 Å². The van der Waals surface area contributed by atoms with E-state index in [0.29, 0.717) is 16.3 Å². The van der Waals surface area contributed by atoms with Crippen molar-refractivity contribution < 1.29 is 13.2 Å². The third-order valence-corrected chi connectivity index (χ3v) is 4.84. The van der Waals surface area contributed by atoms with Crippen LogP contribution in [0.4, 0.5) is 5.69 Å². The van der Waals surface area contributed by atoms with Crippen LogP contribution < -0.4 is 9.44 Å². The molecule has 5 nitrogen and oxygen atoms in total. The quantitative estimate of drug-likeness (QED) is 0.883. The average molecular weight is 339 g/mol. The van der Waals surface area contributed by atoms with E-state index in [0.717, 1.165) is 16.7 Å². The van der Waals surface area contributed by atoms with Crippen LogP contribution in [0.25, 0.3) is 11.1 Å². The van der Waals surface area contributed by atoms with Gasteiger partial charge in [-0.2, -0.15) is 13.1 Å². The molecule has 0 aliphatic carbocycles. The van der Waals surface area contributed by atoms with Crippen LogP contribution in [0, 0.1) is 6.92 Å². The lowest BCUT2D eigenvalue weighted by atomic mass is 10.00. The molecular formula is C15H15ClN2O3S. The van der Waals surface area contributed by atoms with Gasteiger partial charge in [0.25, 0.3) is 0 Å². The number of anilines is 1. The molecule has 0 spiro atoms. The zero-order chi connectivity index (χ0) is 15.9. The summed E-state index contributed by atoms with van der Waals surface area (Å²) < 4.78 is 33.5. The van der Waals surface area contributed by atoms with Crippen LogP contribution in [0.5, 0.6) is 0 Å². The molecule has 2 aromatic rings. The van der Waals surface area contributed by atoms with E-state index >= 15 is 0 Å². The van der Waals surface area contributed by atoms with Gasteiger partial charge < -0.3 is 4.74 Å². The number of hydrogen-bond acceptors (Lipinski definition) is 3. The molecule has 1 unspecified atom stereocenters. The van der Waals surface area contributed by atoms with Crippen molar-refractivity contribution in [2.24, 2.45) is 0 Å². The normalized spacial score (nSPS) is 19.3. The van der Waals surface area contributed by atoms with Crippen molar-refractivity contribution in [2.45, 2.75) is 13.2 Å². The second-order valence-electron chi connectivity index (χ2n) is 5.12. The number of fused-ring (bicyclic) bond motifs is 1. The molecule has 1 aliphatic rings. The summed E-state index contributed by atoms with van der Waals surface area (Å²) in [6.07, 6.45) is -0.731. The van der Waals surface area contributed by atoms with Gasteiger partial charge in [-0.1, -0.05) is 29.8 Å². The Labute approximate surface area is 134 Å². The Morgan fingerprint density at radius 2 is 1.95 bits per heavy atom. The van der Waals surface area contributed by atoms with Crippen molar-refractivity contribution in [2.75, 3.05) is 11.8 Å². The Bertz CT molecular complexity index is 837. The number of aryl methyl sites for hydroxylation is 1. The summed E-state index contributed by atoms with van der Waals surface area (Å²) in [5.74, 6) is 0. The highest BCUT2D eigenvalue weighted by Crippen LogP contribution is 2.35. The molecule has 2 aromatic carbocycles. The SMILES string of the molecule is COC1NS(=O)(=O)Nc2ccc(-c3ccc(C)cc3Cl)cc21. The van der Waals surface area contributed by atoms with E-state index in [9.17, 15) is 8.42 Å². The van der Waals surface area contributed by atoms with Crippen molar-refractivity contribution in [3.63, 3.8) is 0 Å². The predicted molar refractivity (Wildman–Crippen MR) is 87.1 cm³/mol. The first-order chi connectivity index (χ1) is 10.4. The predicted octanol–water partition coefficient (Wildman–Crippen LogP) is 3.22. The minimum Gasteiger partial charge on any atom is -0.361 e. The van der Waals surface area contributed by atoms with E-state index in [2.05, 4.69) is 9.44 Å². The van der Waals surface area contributed by atoms with E-state index in [1.165, 1.54) is 7.11 Å². The molecule has 116 valence electrons. The zero-order valence-electron chi connectivity index (χ0n) is 12.1. The number of hydrogen-bond donors (Lipinski definition) is 2. The minimum atomic E-state index is -3.60. The van der Waals surface area contributed by atoms with E-state index in [1.807, 2.05) is 37.3 Å². The maximum Gasteiger partial charge on any atom is 0.301 e. The van der Waals surface area contributed by atoms with E-state index in [1.54, 1.807) is 6.07 Å². The van der Waals surface area contributed by atoms with Crippen LogP contribution in [0.1, 0.15) is 17.4 Å². The maximum atomic E-state index is 11.7. The monoisotopic (exact) mass is 338 g/mol. The standard InChI is InChI=1S/C15H15ClN2O3S/c1-9-3-5-11(13(16)7-9)10-4-6-14-12(8-10)15(21-2)18-22(19,20)17-14/h3-8,15,17-18H,1-2H3. The second-order valence-corrected chi connectivity index (χ2v) is 6.98. The molecule has 0 saturated carbocycles. The van der Waals surface area contributed by atoms with E-state index < -0.39 is 16.4 Å². The Hall–Kier alpha value is -1.60. The lowest BCUT2D eigenvalue weighted by Crippen LogP contribution is -2.39. The minimum absolute atomic E-state index is 0.498. The number of halogens is 1. The average Bonchev–Trinajstić information content (AvgIpc) is 2.45. The van der Waals surface area contributed by atoms with Gasteiger partial charge in [-0.25, -0.2) is 0 Å². The molecule has 0 amide bonds. The third kappa shape index (κ3) is 2.83. The van der Waals surface area contributed by atoms with Gasteiger partial charge in [0.05, 0.1) is 5.69 Å². The molecule has 7 heteroatoms. The Balaban J connectivity index is 2.11. The Morgan fingerprint density at radius 1 is 1.18 bits per heavy atom. The molecule has 3 rings (SSSR count). The molecule has 1 aliphatic heterocycles. The summed E-state index contributed by atoms with van der Waals surface area (Å²) in [7, 11) is -2.15. The molecule has 0 fully saturated rings. The molecule has 0 saturated heterocycles. The van der Waals surface area contributed by atoms with Gasteiger partial charge in [0.15, 0.2) is 0 Å². The van der Waals surface area contributed by atoms with Crippen molar-refractivity contribution in [3.05, 3.63) is 52.5 Å². The number of nitrogens with one attached hydrogen (secondary N) is 2. The van der Waals surface area contributed by atoms with Crippen LogP contribution in [-0.4, -0.2) is 15.5 Å². The highest BCUT2D eigenvalue weighted by atomic mass is 35.5. The van der Waals surface area contributed by atoms with E-state index in [-0.39, 0.29) is 0 Å². The van der Waals surface area contributed by atoms with Crippen molar-refractivity contribution in [1.82, 2.24) is 4.72 Å². The Kier molecular flexibility index (Phi) is 3.86. The van der Waals surface area contributed by atoms with Gasteiger partial charge in [0, 0.05) is 23.3 Å². The van der Waals surface area contributed by atoms with Crippen LogP contribution in [-0.2, 0) is 14.9 Å². The number of methoxy groups -OCH3 is 1. The first-order valence-electron chi connectivity index (χ1n) is 6.63. The second kappa shape index (κ2) is 5.55. The topological polar surface area (TPSA) is 67.4 Å². The van der Waals surface area contributed by atoms with Gasteiger partial charge in [0.2, 0.25) is 0 Å². The molecule has 22 heavy (non-hydrogen) atoms. The summed E-state index contributed by atoms with van der Waals surface area (Å²) in [5, 5.41) is 0.651. The lowest BCUT2D eigenvalue weighted by Gasteiger charge is -2.27. The fourth-order valence-corrected chi connectivity index (χ4v) is 3.83. The highest BCUT2D eigenvalue weighted by Gasteiger charge is 2.28. The summed E-state index contributed by atoms with van der Waals surface area (Å²) in [5.41, 5.74) is 4.08. The molecule has 2 N–H and O–H groups in total. The molecular weight excluding hydrogens is 324 g/mol. The van der Waals surface area contributed by atoms with Crippen LogP contribution in [0.2, 0.25) is 5.02 Å². The fourth-order valence-electron chi connectivity index (χ4n) is 2.45. The van der Waals surface area contributed by atoms with Crippen molar-refractivity contribution in [3.8, 4) is 11.1 Å². The smallest absolute Gasteiger partial charge is 0.301 e. The van der Waals surface area contributed by atoms with Gasteiger partial charge in [-0.3, -0.25) is 4.72 Å². The molecule has 1 heterocycles. The maximum absolute atomic E-state index is 11.7. The summed E-state index contributed by atoms with van der Waals surface area (Å²) in [6.45, 7) is 1.97. The fraction of sp³-hybridized carbons (Fsp3) is 0.200. The van der Waals surface area contributed by atoms with Gasteiger partial charge >= 0.3 is 10.2 Å². The number of ether oxygens (including phenoxy) is 1. The third-order valence-electron chi connectivity index (χ3n) is 3.51. The van der Waals surface area contributed by atoms with Crippen molar-refractivity contribution >= 4 is 27.5 Å². The van der Waals surface area contributed by atoms with Gasteiger partial charge in [0.1, 0.15) is 6.23 Å². The molecule has 0 bridgehead atoms. The molecule has 1 atom stereocenters. The number of benzene rings is 2. The summed E-state index contributed by atoms with van der Waals surface area (Å²) in [6, 6.07) is 11.2. The van der Waals surface area contributed by atoms with Gasteiger partial charge in [-0.05, 0) is 36.2 Å².